The maximum absolute atomic E-state index is 12.5. The van der Waals surface area contributed by atoms with Crippen molar-refractivity contribution in [2.45, 2.75) is 46.3 Å². The van der Waals surface area contributed by atoms with Gasteiger partial charge in [-0.15, -0.1) is 0 Å². The number of aryl methyl sites for hydroxylation is 1. The summed E-state index contributed by atoms with van der Waals surface area (Å²) in [5.41, 5.74) is 3.85. The number of benzene rings is 2. The van der Waals surface area contributed by atoms with Gasteiger partial charge in [-0.2, -0.15) is 0 Å². The zero-order valence-corrected chi connectivity index (χ0v) is 15.8. The van der Waals surface area contributed by atoms with Crippen molar-refractivity contribution in [2.24, 2.45) is 0 Å². The molecule has 0 spiro atoms. The van der Waals surface area contributed by atoms with Gasteiger partial charge in [0.2, 0.25) is 5.91 Å². The summed E-state index contributed by atoms with van der Waals surface area (Å²) < 4.78 is 11.6. The Bertz CT molecular complexity index is 787. The average molecular weight is 354 g/mol. The first-order valence-corrected chi connectivity index (χ1v) is 9.06. The third kappa shape index (κ3) is 4.10. The zero-order chi connectivity index (χ0) is 18.7. The Balaban J connectivity index is 1.73. The largest absolute Gasteiger partial charge is 0.492 e. The van der Waals surface area contributed by atoms with Gasteiger partial charge in [0.25, 0.3) is 0 Å². The minimum Gasteiger partial charge on any atom is -0.492 e. The summed E-state index contributed by atoms with van der Waals surface area (Å²) in [5, 5.41) is 6.18. The van der Waals surface area contributed by atoms with Gasteiger partial charge in [0.1, 0.15) is 23.6 Å². The maximum Gasteiger partial charge on any atom is 0.246 e. The lowest BCUT2D eigenvalue weighted by Crippen LogP contribution is -2.32. The fourth-order valence-corrected chi connectivity index (χ4v) is 3.01. The van der Waals surface area contributed by atoms with Crippen LogP contribution >= 0.6 is 0 Å². The van der Waals surface area contributed by atoms with Gasteiger partial charge in [0, 0.05) is 23.7 Å². The van der Waals surface area contributed by atoms with Crippen LogP contribution in [0, 0.1) is 6.92 Å². The van der Waals surface area contributed by atoms with E-state index in [4.69, 9.17) is 9.47 Å². The van der Waals surface area contributed by atoms with E-state index in [-0.39, 0.29) is 12.0 Å². The summed E-state index contributed by atoms with van der Waals surface area (Å²) in [7, 11) is 0. The Morgan fingerprint density at radius 2 is 2.04 bits per heavy atom. The number of carbonyl (C=O) groups excluding carboxylic acids is 1. The van der Waals surface area contributed by atoms with E-state index in [1.807, 2.05) is 64.1 Å². The topological polar surface area (TPSA) is 59.6 Å². The van der Waals surface area contributed by atoms with Crippen LogP contribution in [0.1, 0.15) is 31.9 Å². The van der Waals surface area contributed by atoms with Gasteiger partial charge in [-0.1, -0.05) is 17.7 Å². The molecule has 0 bridgehead atoms. The smallest absolute Gasteiger partial charge is 0.246 e. The number of carbonyl (C=O) groups is 1. The molecular weight excluding hydrogens is 328 g/mol. The van der Waals surface area contributed by atoms with Crippen LogP contribution in [0.25, 0.3) is 0 Å². The molecule has 0 radical (unpaired) electrons. The van der Waals surface area contributed by atoms with Crippen molar-refractivity contribution < 1.29 is 14.3 Å². The van der Waals surface area contributed by atoms with Gasteiger partial charge >= 0.3 is 0 Å². The third-order valence-corrected chi connectivity index (χ3v) is 4.38. The van der Waals surface area contributed by atoms with Gasteiger partial charge in [0.15, 0.2) is 0 Å². The molecule has 2 aromatic carbocycles. The number of amides is 1. The fourth-order valence-electron chi connectivity index (χ4n) is 3.01. The van der Waals surface area contributed by atoms with E-state index in [0.717, 1.165) is 40.4 Å². The summed E-state index contributed by atoms with van der Waals surface area (Å²) in [5.74, 6) is 1.50. The van der Waals surface area contributed by atoms with Crippen LogP contribution in [0.5, 0.6) is 11.5 Å². The molecule has 0 saturated carbocycles. The molecule has 5 heteroatoms. The summed E-state index contributed by atoms with van der Waals surface area (Å²) >= 11 is 0. The van der Waals surface area contributed by atoms with Gasteiger partial charge < -0.3 is 20.1 Å². The first kappa shape index (κ1) is 18.1. The lowest BCUT2D eigenvalue weighted by Gasteiger charge is -2.19. The quantitative estimate of drug-likeness (QED) is 0.818. The second-order valence-corrected chi connectivity index (χ2v) is 6.74. The number of nitrogens with one attached hydrogen (secondary N) is 2. The molecular formula is C21H26N2O3. The molecule has 0 aliphatic carbocycles. The predicted molar refractivity (Wildman–Crippen MR) is 104 cm³/mol. The molecule has 0 aromatic heterocycles. The monoisotopic (exact) mass is 354 g/mol. The van der Waals surface area contributed by atoms with Crippen molar-refractivity contribution in [3.63, 3.8) is 0 Å². The zero-order valence-electron chi connectivity index (χ0n) is 15.8. The van der Waals surface area contributed by atoms with Gasteiger partial charge in [-0.3, -0.25) is 4.79 Å². The van der Waals surface area contributed by atoms with Crippen molar-refractivity contribution in [2.75, 3.05) is 17.2 Å². The number of hydrogen-bond donors (Lipinski definition) is 2. The highest BCUT2D eigenvalue weighted by Crippen LogP contribution is 2.38. The Morgan fingerprint density at radius 3 is 2.73 bits per heavy atom. The predicted octanol–water partition coefficient (Wildman–Crippen LogP) is 4.16. The standard InChI is InChI=1S/C21H26N2O3/c1-5-25-20-11-16-10-14(3)26-19(16)12-18(20)22-15(4)21(24)23-17-8-6-13(2)7-9-17/h6-9,11-12,14-15,22H,5,10H2,1-4H3,(H,23,24)/t14-,15-/m1/s1. The van der Waals surface area contributed by atoms with Crippen molar-refractivity contribution in [1.29, 1.82) is 0 Å². The highest BCUT2D eigenvalue weighted by Gasteiger charge is 2.23. The van der Waals surface area contributed by atoms with E-state index in [1.54, 1.807) is 0 Å². The molecule has 1 aliphatic rings. The molecule has 3 rings (SSSR count). The summed E-state index contributed by atoms with van der Waals surface area (Å²) in [6, 6.07) is 11.3. The lowest BCUT2D eigenvalue weighted by molar-refractivity contribution is -0.116. The summed E-state index contributed by atoms with van der Waals surface area (Å²) in [4.78, 5) is 12.5. The molecule has 2 atom stereocenters. The van der Waals surface area contributed by atoms with Gasteiger partial charge in [-0.25, -0.2) is 0 Å². The fraction of sp³-hybridized carbons (Fsp3) is 0.381. The second-order valence-electron chi connectivity index (χ2n) is 6.74. The van der Waals surface area contributed by atoms with E-state index in [1.165, 1.54) is 0 Å². The van der Waals surface area contributed by atoms with Gasteiger partial charge in [0.05, 0.1) is 12.3 Å². The number of hydrogen-bond acceptors (Lipinski definition) is 4. The van der Waals surface area contributed by atoms with Crippen LogP contribution in [0.4, 0.5) is 11.4 Å². The van der Waals surface area contributed by atoms with E-state index in [2.05, 4.69) is 10.6 Å². The molecule has 1 heterocycles. The van der Waals surface area contributed by atoms with Crippen LogP contribution in [0.2, 0.25) is 0 Å². The molecule has 5 nitrogen and oxygen atoms in total. The van der Waals surface area contributed by atoms with Gasteiger partial charge in [-0.05, 0) is 45.9 Å². The minimum atomic E-state index is -0.424. The second kappa shape index (κ2) is 7.68. The Kier molecular flexibility index (Phi) is 5.35. The average Bonchev–Trinajstić information content (AvgIpc) is 2.96. The molecule has 0 fully saturated rings. The van der Waals surface area contributed by atoms with E-state index < -0.39 is 6.04 Å². The number of rotatable bonds is 6. The maximum atomic E-state index is 12.5. The van der Waals surface area contributed by atoms with E-state index in [9.17, 15) is 4.79 Å². The number of anilines is 2. The number of fused-ring (bicyclic) bond motifs is 1. The SMILES string of the molecule is CCOc1cc2c(cc1N[C@H](C)C(=O)Nc1ccc(C)cc1)O[C@H](C)C2. The Morgan fingerprint density at radius 1 is 1.31 bits per heavy atom. The van der Waals surface area contributed by atoms with E-state index >= 15 is 0 Å². The van der Waals surface area contributed by atoms with Crippen molar-refractivity contribution in [3.8, 4) is 11.5 Å². The van der Waals surface area contributed by atoms with E-state index in [0.29, 0.717) is 6.61 Å². The third-order valence-electron chi connectivity index (χ3n) is 4.38. The molecule has 138 valence electrons. The van der Waals surface area contributed by atoms with Crippen molar-refractivity contribution >= 4 is 17.3 Å². The molecule has 2 N–H and O–H groups in total. The highest BCUT2D eigenvalue weighted by atomic mass is 16.5. The van der Waals surface area contributed by atoms with Crippen LogP contribution < -0.4 is 20.1 Å². The minimum absolute atomic E-state index is 0.105. The Hall–Kier alpha value is -2.69. The first-order chi connectivity index (χ1) is 12.5. The molecule has 0 unspecified atom stereocenters. The molecule has 0 saturated heterocycles. The van der Waals surface area contributed by atoms with Crippen LogP contribution in [-0.4, -0.2) is 24.7 Å². The van der Waals surface area contributed by atoms with Crippen molar-refractivity contribution in [1.82, 2.24) is 0 Å². The lowest BCUT2D eigenvalue weighted by atomic mass is 10.1. The number of ether oxygens (including phenoxy) is 2. The first-order valence-electron chi connectivity index (χ1n) is 9.06. The van der Waals surface area contributed by atoms with Crippen LogP contribution in [0.3, 0.4) is 0 Å². The molecule has 26 heavy (non-hydrogen) atoms. The van der Waals surface area contributed by atoms with Crippen molar-refractivity contribution in [3.05, 3.63) is 47.5 Å². The van der Waals surface area contributed by atoms with Crippen LogP contribution in [-0.2, 0) is 11.2 Å². The Labute approximate surface area is 154 Å². The molecule has 2 aromatic rings. The summed E-state index contributed by atoms with van der Waals surface area (Å²) in [6.45, 7) is 8.40. The molecule has 1 amide bonds. The van der Waals surface area contributed by atoms with Crippen LogP contribution in [0.15, 0.2) is 36.4 Å². The highest BCUT2D eigenvalue weighted by molar-refractivity contribution is 5.96. The molecule has 1 aliphatic heterocycles. The summed E-state index contributed by atoms with van der Waals surface area (Å²) in [6.07, 6.45) is 1.04. The normalized spacial score (nSPS) is 16.4.